The zero-order valence-corrected chi connectivity index (χ0v) is 16.9. The number of rotatable bonds is 13. The van der Waals surface area contributed by atoms with Gasteiger partial charge in [0.2, 0.25) is 0 Å². The number of para-hydroxylation sites is 1. The number of hydrogen-bond acceptors (Lipinski definition) is 0. The molecule has 1 heterocycles. The van der Waals surface area contributed by atoms with E-state index in [0.717, 1.165) is 5.33 Å². The van der Waals surface area contributed by atoms with Crippen LogP contribution in [-0.2, 0) is 0 Å². The van der Waals surface area contributed by atoms with Gasteiger partial charge in [-0.05, 0) is 23.9 Å². The van der Waals surface area contributed by atoms with Crippen LogP contribution in [0.25, 0.3) is 10.9 Å². The monoisotopic (exact) mass is 391 g/mol. The van der Waals surface area contributed by atoms with Crippen molar-refractivity contribution in [2.75, 3.05) is 5.33 Å². The van der Waals surface area contributed by atoms with Crippen molar-refractivity contribution in [1.82, 2.24) is 4.98 Å². The van der Waals surface area contributed by atoms with Crippen LogP contribution in [-0.4, -0.2) is 10.3 Å². The first-order valence-electron chi connectivity index (χ1n) is 9.98. The second-order valence-corrected chi connectivity index (χ2v) is 7.78. The summed E-state index contributed by atoms with van der Waals surface area (Å²) in [5, 5.41) is 2.39. The number of nitrogens with one attached hydrogen (secondary N) is 1. The highest BCUT2D eigenvalue weighted by Gasteiger charge is 2.12. The van der Waals surface area contributed by atoms with Crippen LogP contribution in [0.3, 0.4) is 0 Å². The quantitative estimate of drug-likeness (QED) is 0.263. The molecule has 2 aromatic rings. The Bertz CT molecular complexity index is 527. The van der Waals surface area contributed by atoms with Gasteiger partial charge in [-0.3, -0.25) is 0 Å². The van der Waals surface area contributed by atoms with Crippen molar-refractivity contribution in [3.63, 3.8) is 0 Å². The molecule has 0 saturated heterocycles. The number of aromatic nitrogens is 1. The van der Waals surface area contributed by atoms with Gasteiger partial charge in [-0.25, -0.2) is 0 Å². The molecule has 0 radical (unpaired) electrons. The number of fused-ring (bicyclic) bond motifs is 1. The molecule has 0 aliphatic heterocycles. The molecule has 1 unspecified atom stereocenters. The molecule has 2 rings (SSSR count). The maximum atomic E-state index is 3.71. The average molecular weight is 392 g/mol. The summed E-state index contributed by atoms with van der Waals surface area (Å²) < 4.78 is 0. The number of unbranched alkanes of at least 4 members (excludes halogenated alkanes) is 9. The lowest BCUT2D eigenvalue weighted by atomic mass is 9.98. The van der Waals surface area contributed by atoms with Gasteiger partial charge < -0.3 is 4.98 Å². The van der Waals surface area contributed by atoms with Crippen molar-refractivity contribution in [2.24, 2.45) is 0 Å². The molecule has 1 atom stereocenters. The van der Waals surface area contributed by atoms with Crippen molar-refractivity contribution in [1.29, 1.82) is 0 Å². The molecule has 1 aromatic carbocycles. The fourth-order valence-corrected chi connectivity index (χ4v) is 4.18. The number of aromatic amines is 1. The van der Waals surface area contributed by atoms with Gasteiger partial charge in [-0.1, -0.05) is 105 Å². The molecule has 0 bridgehead atoms. The summed E-state index contributed by atoms with van der Waals surface area (Å²) in [7, 11) is 0. The maximum absolute atomic E-state index is 3.71. The van der Waals surface area contributed by atoms with E-state index < -0.39 is 0 Å². The zero-order chi connectivity index (χ0) is 17.0. The highest BCUT2D eigenvalue weighted by atomic mass is 79.9. The summed E-state index contributed by atoms with van der Waals surface area (Å²) in [4.78, 5) is 3.60. The second-order valence-electron chi connectivity index (χ2n) is 7.13. The largest absolute Gasteiger partial charge is 0.358 e. The third kappa shape index (κ3) is 6.63. The van der Waals surface area contributed by atoms with Crippen molar-refractivity contribution in [2.45, 2.75) is 83.5 Å². The van der Waals surface area contributed by atoms with Crippen LogP contribution in [0.4, 0.5) is 0 Å². The lowest BCUT2D eigenvalue weighted by Crippen LogP contribution is -2.00. The van der Waals surface area contributed by atoms with Gasteiger partial charge >= 0.3 is 0 Å². The third-order valence-corrected chi connectivity index (χ3v) is 5.86. The SMILES string of the molecule is CCCCCCCCCCCCC(CBr)c1cc2ccccc2[nH]1. The van der Waals surface area contributed by atoms with Gasteiger partial charge in [0, 0.05) is 22.5 Å². The molecule has 0 aliphatic carbocycles. The molecule has 0 amide bonds. The molecule has 1 nitrogen and oxygen atoms in total. The molecule has 1 N–H and O–H groups in total. The van der Waals surface area contributed by atoms with Crippen LogP contribution in [0.1, 0.15) is 89.2 Å². The number of halogens is 1. The number of alkyl halides is 1. The Labute approximate surface area is 156 Å². The molecule has 24 heavy (non-hydrogen) atoms. The lowest BCUT2D eigenvalue weighted by Gasteiger charge is -2.12. The van der Waals surface area contributed by atoms with E-state index in [1.54, 1.807) is 0 Å². The molecule has 0 saturated carbocycles. The fraction of sp³-hybridized carbons (Fsp3) is 0.636. The summed E-state index contributed by atoms with van der Waals surface area (Å²) in [5.41, 5.74) is 2.66. The van der Waals surface area contributed by atoms with E-state index in [4.69, 9.17) is 0 Å². The van der Waals surface area contributed by atoms with E-state index in [9.17, 15) is 0 Å². The Morgan fingerprint density at radius 1 is 0.875 bits per heavy atom. The van der Waals surface area contributed by atoms with E-state index in [-0.39, 0.29) is 0 Å². The zero-order valence-electron chi connectivity index (χ0n) is 15.3. The minimum absolute atomic E-state index is 0.617. The Morgan fingerprint density at radius 3 is 2.12 bits per heavy atom. The normalized spacial score (nSPS) is 12.8. The first-order valence-corrected chi connectivity index (χ1v) is 11.1. The second kappa shape index (κ2) is 11.7. The third-order valence-electron chi connectivity index (χ3n) is 5.08. The molecule has 1 aromatic heterocycles. The van der Waals surface area contributed by atoms with Crippen molar-refractivity contribution < 1.29 is 0 Å². The summed E-state index contributed by atoms with van der Waals surface area (Å²) >= 11 is 3.71. The van der Waals surface area contributed by atoms with Crippen LogP contribution in [0.5, 0.6) is 0 Å². The predicted octanol–water partition coefficient (Wildman–Crippen LogP) is 7.96. The van der Waals surface area contributed by atoms with Crippen molar-refractivity contribution in [3.05, 3.63) is 36.0 Å². The number of benzene rings is 1. The van der Waals surface area contributed by atoms with Gasteiger partial charge in [-0.15, -0.1) is 0 Å². The topological polar surface area (TPSA) is 15.8 Å². The summed E-state index contributed by atoms with van der Waals surface area (Å²) in [6.45, 7) is 2.29. The molecular formula is C22H34BrN. The van der Waals surface area contributed by atoms with Crippen LogP contribution >= 0.6 is 15.9 Å². The fourth-order valence-electron chi connectivity index (χ4n) is 3.51. The summed E-state index contributed by atoms with van der Waals surface area (Å²) in [6.07, 6.45) is 15.4. The van der Waals surface area contributed by atoms with Gasteiger partial charge in [0.15, 0.2) is 0 Å². The molecule has 0 aliphatic rings. The summed E-state index contributed by atoms with van der Waals surface area (Å²) in [5.74, 6) is 0.617. The molecule has 0 spiro atoms. The van der Waals surface area contributed by atoms with Crippen LogP contribution in [0.15, 0.2) is 30.3 Å². The summed E-state index contributed by atoms with van der Waals surface area (Å²) in [6, 6.07) is 10.9. The van der Waals surface area contributed by atoms with Gasteiger partial charge in [0.05, 0.1) is 0 Å². The Morgan fingerprint density at radius 2 is 1.50 bits per heavy atom. The smallest absolute Gasteiger partial charge is 0.0456 e. The Hall–Kier alpha value is -0.760. The van der Waals surface area contributed by atoms with Crippen LogP contribution in [0.2, 0.25) is 0 Å². The highest BCUT2D eigenvalue weighted by molar-refractivity contribution is 9.09. The first-order chi connectivity index (χ1) is 11.8. The van der Waals surface area contributed by atoms with Gasteiger partial charge in [0.1, 0.15) is 0 Å². The van der Waals surface area contributed by atoms with E-state index in [1.165, 1.54) is 87.2 Å². The molecular weight excluding hydrogens is 358 g/mol. The van der Waals surface area contributed by atoms with Crippen LogP contribution < -0.4 is 0 Å². The minimum Gasteiger partial charge on any atom is -0.358 e. The van der Waals surface area contributed by atoms with Crippen molar-refractivity contribution >= 4 is 26.8 Å². The first kappa shape index (κ1) is 19.6. The van der Waals surface area contributed by atoms with Crippen molar-refractivity contribution in [3.8, 4) is 0 Å². The van der Waals surface area contributed by atoms with Gasteiger partial charge in [-0.2, -0.15) is 0 Å². The standard InChI is InChI=1S/C22H34BrN/c1-2-3-4-5-6-7-8-9-10-11-15-20(18-23)22-17-19-14-12-13-16-21(19)24-22/h12-14,16-17,20,24H,2-11,15,18H2,1H3. The maximum Gasteiger partial charge on any atom is 0.0456 e. The van der Waals surface area contributed by atoms with E-state index in [0.29, 0.717) is 5.92 Å². The number of hydrogen-bond donors (Lipinski definition) is 1. The van der Waals surface area contributed by atoms with Crippen LogP contribution in [0, 0.1) is 0 Å². The van der Waals surface area contributed by atoms with E-state index in [2.05, 4.69) is 58.2 Å². The van der Waals surface area contributed by atoms with E-state index in [1.807, 2.05) is 0 Å². The molecule has 0 fully saturated rings. The Kier molecular flexibility index (Phi) is 9.57. The number of H-pyrrole nitrogens is 1. The van der Waals surface area contributed by atoms with E-state index >= 15 is 0 Å². The average Bonchev–Trinajstić information content (AvgIpc) is 3.03. The molecule has 2 heteroatoms. The lowest BCUT2D eigenvalue weighted by molar-refractivity contribution is 0.535. The van der Waals surface area contributed by atoms with Gasteiger partial charge in [0.25, 0.3) is 0 Å². The molecule has 134 valence electrons. The highest BCUT2D eigenvalue weighted by Crippen LogP contribution is 2.27. The predicted molar refractivity (Wildman–Crippen MR) is 111 cm³/mol. The Balaban J connectivity index is 1.60. The minimum atomic E-state index is 0.617.